The molecule has 2 aliphatic carbocycles. The maximum absolute atomic E-state index is 16.5. The zero-order chi connectivity index (χ0) is 51.1. The molecule has 4 aliphatic heterocycles. The molecule has 16 heteroatoms. The van der Waals surface area contributed by atoms with E-state index < -0.39 is 34.7 Å². The lowest BCUT2D eigenvalue weighted by atomic mass is 9.73. The molecular weight excluding hydrogens is 934 g/mol. The van der Waals surface area contributed by atoms with E-state index in [1.807, 2.05) is 36.7 Å². The van der Waals surface area contributed by atoms with Gasteiger partial charge in [0, 0.05) is 92.9 Å². The molecule has 2 saturated carbocycles. The van der Waals surface area contributed by atoms with Crippen LogP contribution in [0.5, 0.6) is 0 Å². The van der Waals surface area contributed by atoms with Gasteiger partial charge in [0.15, 0.2) is 5.82 Å². The number of alkyl halides is 1. The molecule has 2 saturated heterocycles. The van der Waals surface area contributed by atoms with Crippen molar-refractivity contribution in [3.63, 3.8) is 0 Å². The summed E-state index contributed by atoms with van der Waals surface area (Å²) in [5.41, 5.74) is 5.33. The zero-order valence-corrected chi connectivity index (χ0v) is 42.0. The minimum Gasteiger partial charge on any atom is -0.386 e. The number of fused-ring (bicyclic) bond motifs is 3. The third-order valence-electron chi connectivity index (χ3n) is 17.4. The van der Waals surface area contributed by atoms with Crippen molar-refractivity contribution in [1.82, 2.24) is 29.2 Å². The van der Waals surface area contributed by atoms with Gasteiger partial charge in [-0.15, -0.1) is 0 Å². The van der Waals surface area contributed by atoms with Crippen LogP contribution in [0.25, 0.3) is 22.3 Å². The minimum atomic E-state index is -1.36. The van der Waals surface area contributed by atoms with E-state index in [2.05, 4.69) is 39.6 Å². The van der Waals surface area contributed by atoms with Crippen LogP contribution >= 0.6 is 0 Å². The number of rotatable bonds is 11. The Balaban J connectivity index is 0.675. The number of anilines is 2. The van der Waals surface area contributed by atoms with Crippen LogP contribution in [-0.4, -0.2) is 92.5 Å². The van der Waals surface area contributed by atoms with Crippen molar-refractivity contribution in [3.8, 4) is 5.69 Å². The molecule has 3 aromatic heterocycles. The van der Waals surface area contributed by atoms with E-state index in [9.17, 15) is 28.4 Å². The lowest BCUT2D eigenvalue weighted by Crippen LogP contribution is -2.54. The van der Waals surface area contributed by atoms with Crippen molar-refractivity contribution in [2.24, 2.45) is 18.9 Å². The number of nitrogens with one attached hydrogen (secondary N) is 2. The smallest absolute Gasteiger partial charge is 0.257 e. The Morgan fingerprint density at radius 1 is 0.890 bits per heavy atom. The molecule has 2 atom stereocenters. The van der Waals surface area contributed by atoms with E-state index in [1.54, 1.807) is 35.2 Å². The minimum absolute atomic E-state index is 0.0263. The second-order valence-corrected chi connectivity index (χ2v) is 21.8. The number of hydrogen-bond acceptors (Lipinski definition) is 8. The molecule has 13 nitrogen and oxygen atoms in total. The molecule has 1 spiro atoms. The van der Waals surface area contributed by atoms with E-state index in [0.717, 1.165) is 72.8 Å². The number of pyridine rings is 2. The highest BCUT2D eigenvalue weighted by Gasteiger charge is 2.61. The summed E-state index contributed by atoms with van der Waals surface area (Å²) in [4.78, 5) is 75.3. The number of imide groups is 1. The van der Waals surface area contributed by atoms with E-state index in [-0.39, 0.29) is 78.8 Å². The van der Waals surface area contributed by atoms with Crippen LogP contribution in [0.2, 0.25) is 0 Å². The fourth-order valence-corrected chi connectivity index (χ4v) is 13.0. The molecule has 0 radical (unpaired) electrons. The van der Waals surface area contributed by atoms with Crippen LogP contribution in [0.4, 0.5) is 24.5 Å². The van der Waals surface area contributed by atoms with E-state index in [4.69, 9.17) is 0 Å². The van der Waals surface area contributed by atoms with Crippen molar-refractivity contribution >= 4 is 51.6 Å². The van der Waals surface area contributed by atoms with Gasteiger partial charge in [0.05, 0.1) is 23.0 Å². The number of aromatic nitrogens is 3. The fourth-order valence-electron chi connectivity index (χ4n) is 13.0. The number of aryl methyl sites for hydroxylation is 2. The molecular formula is C57H63F3N8O5. The van der Waals surface area contributed by atoms with Gasteiger partial charge in [0.1, 0.15) is 23.2 Å². The maximum Gasteiger partial charge on any atom is 0.257 e. The van der Waals surface area contributed by atoms with Gasteiger partial charge in [-0.1, -0.05) is 31.1 Å². The summed E-state index contributed by atoms with van der Waals surface area (Å²) < 4.78 is 50.8. The Morgan fingerprint density at radius 2 is 1.64 bits per heavy atom. The summed E-state index contributed by atoms with van der Waals surface area (Å²) in [6.45, 7) is 5.71. The van der Waals surface area contributed by atoms with Crippen LogP contribution in [-0.2, 0) is 33.3 Å². The first-order chi connectivity index (χ1) is 35.0. The summed E-state index contributed by atoms with van der Waals surface area (Å²) in [5, 5.41) is 5.83. The maximum atomic E-state index is 16.5. The predicted molar refractivity (Wildman–Crippen MR) is 273 cm³/mol. The first-order valence-corrected chi connectivity index (χ1v) is 26.1. The summed E-state index contributed by atoms with van der Waals surface area (Å²) in [5.74, 6) is -1.27. The third-order valence-corrected chi connectivity index (χ3v) is 17.4. The number of nitrogens with zero attached hydrogens (tertiary/aromatic N) is 6. The summed E-state index contributed by atoms with van der Waals surface area (Å²) in [6.07, 6.45) is 13.3. The van der Waals surface area contributed by atoms with E-state index in [0.29, 0.717) is 60.7 Å². The van der Waals surface area contributed by atoms with Crippen LogP contribution in [0, 0.1) is 30.4 Å². The number of piperidine rings is 2. The second-order valence-electron chi connectivity index (χ2n) is 21.8. The van der Waals surface area contributed by atoms with Crippen molar-refractivity contribution in [2.45, 2.75) is 120 Å². The Hall–Kier alpha value is -6.55. The van der Waals surface area contributed by atoms with Gasteiger partial charge in [0.2, 0.25) is 17.7 Å². The molecule has 2 N–H and O–H groups in total. The number of halogens is 3. The molecule has 4 fully saturated rings. The molecule has 2 aromatic carbocycles. The SMILES string of the molecule is CNc1cc(=O)n(-c2ccnc3c2cc([C@H](C)N2CC=C(c4c(C)cc(C(=O)N5CCC(F)(CC6CCC(Cc7ccc8c(c7)C7(CC7)C(=O)N8C7CCC(=O)NC7=O)CC6)CC5)cc4F)CC2)n3C)cc1F. The van der Waals surface area contributed by atoms with Gasteiger partial charge in [-0.25, -0.2) is 18.2 Å². The summed E-state index contributed by atoms with van der Waals surface area (Å²) in [7, 11) is 3.49. The predicted octanol–water partition coefficient (Wildman–Crippen LogP) is 8.77. The van der Waals surface area contributed by atoms with Crippen LogP contribution < -0.4 is 21.1 Å². The number of likely N-dealkylation sites (tertiary alicyclic amines) is 1. The fraction of sp³-hybridized carbons (Fsp3) is 0.474. The monoisotopic (exact) mass is 996 g/mol. The van der Waals surface area contributed by atoms with Crippen LogP contribution in [0.15, 0.2) is 71.8 Å². The number of hydrogen-bond donors (Lipinski definition) is 2. The number of amides is 4. The molecule has 7 heterocycles. The van der Waals surface area contributed by atoms with Gasteiger partial charge in [-0.2, -0.15) is 0 Å². The first-order valence-electron chi connectivity index (χ1n) is 26.1. The summed E-state index contributed by atoms with van der Waals surface area (Å²) >= 11 is 0. The number of carbonyl (C=O) groups excluding carboxylic acids is 4. The van der Waals surface area contributed by atoms with Crippen molar-refractivity contribution in [3.05, 3.63) is 123 Å². The average molecular weight is 997 g/mol. The Bertz CT molecular complexity index is 3160. The quantitative estimate of drug-likeness (QED) is 0.125. The highest BCUT2D eigenvalue weighted by molar-refractivity contribution is 6.15. The highest BCUT2D eigenvalue weighted by atomic mass is 19.1. The van der Waals surface area contributed by atoms with Crippen molar-refractivity contribution in [1.29, 1.82) is 0 Å². The number of benzene rings is 2. The van der Waals surface area contributed by atoms with Gasteiger partial charge < -0.3 is 14.8 Å². The van der Waals surface area contributed by atoms with Crippen LogP contribution in [0.3, 0.4) is 0 Å². The second kappa shape index (κ2) is 18.7. The van der Waals surface area contributed by atoms with E-state index in [1.165, 1.54) is 28.5 Å². The molecule has 382 valence electrons. The lowest BCUT2D eigenvalue weighted by Gasteiger charge is -2.40. The highest BCUT2D eigenvalue weighted by Crippen LogP contribution is 2.58. The Labute approximate surface area is 422 Å². The molecule has 73 heavy (non-hydrogen) atoms. The molecule has 0 bridgehead atoms. The first kappa shape index (κ1) is 48.7. The normalized spacial score (nSPS) is 23.1. The standard InChI is InChI=1S/C57H63F3N8O5/c1-33-25-39(28-42(58)51(33)38-14-21-65(22-15-38)34(2)48-29-40-45(13-20-62-52(40)64(48)4)67-32-43(59)44(61-3)30-50(67)70)54(72)66-23-18-56(60,19-24-66)31-36-7-5-35(6-8-36)26-37-9-10-46-41(27-37)57(16-17-57)55(73)68(46)47-11-12-49(69)63-53(47)71/h9-10,13-14,20,25,27-30,32,34-36,47,61H,5-8,11-12,15-19,21-24,26,31H2,1-4H3,(H,63,69,71)/t34-,35?,36?,47?/m0/s1. The topological polar surface area (TPSA) is 142 Å². The molecule has 1 unspecified atom stereocenters. The largest absolute Gasteiger partial charge is 0.386 e. The van der Waals surface area contributed by atoms with Gasteiger partial charge in [-0.3, -0.25) is 43.7 Å². The Morgan fingerprint density at radius 3 is 2.33 bits per heavy atom. The van der Waals surface area contributed by atoms with Gasteiger partial charge >= 0.3 is 0 Å². The number of carbonyl (C=O) groups is 4. The molecule has 11 rings (SSSR count). The zero-order valence-electron chi connectivity index (χ0n) is 42.0. The van der Waals surface area contributed by atoms with E-state index >= 15 is 8.78 Å². The van der Waals surface area contributed by atoms with Crippen molar-refractivity contribution in [2.75, 3.05) is 43.4 Å². The van der Waals surface area contributed by atoms with Crippen molar-refractivity contribution < 1.29 is 32.3 Å². The third kappa shape index (κ3) is 8.76. The molecule has 5 aromatic rings. The van der Waals surface area contributed by atoms with Gasteiger partial charge in [-0.05, 0) is 142 Å². The molecule has 4 amide bonds. The average Bonchev–Trinajstić information content (AvgIpc) is 4.07. The Kier molecular flexibility index (Phi) is 12.5. The van der Waals surface area contributed by atoms with Gasteiger partial charge in [0.25, 0.3) is 11.5 Å². The summed E-state index contributed by atoms with van der Waals surface area (Å²) in [6, 6.07) is 13.5. The lowest BCUT2D eigenvalue weighted by molar-refractivity contribution is -0.135. The van der Waals surface area contributed by atoms with Crippen LogP contribution in [0.1, 0.15) is 128 Å². The molecule has 6 aliphatic rings.